The van der Waals surface area contributed by atoms with Gasteiger partial charge in [-0.15, -0.1) is 0 Å². The van der Waals surface area contributed by atoms with E-state index in [9.17, 15) is 19.2 Å². The number of hydrogen-bond acceptors (Lipinski definition) is 6. The summed E-state index contributed by atoms with van der Waals surface area (Å²) >= 11 is 0. The average molecular weight is 643 g/mol. The normalized spacial score (nSPS) is 13.3. The highest BCUT2D eigenvalue weighted by Gasteiger charge is 2.31. The van der Waals surface area contributed by atoms with Crippen LogP contribution in [-0.4, -0.2) is 53.4 Å². The van der Waals surface area contributed by atoms with E-state index >= 15 is 0 Å². The van der Waals surface area contributed by atoms with E-state index in [2.05, 4.69) is 5.32 Å². The van der Waals surface area contributed by atoms with Crippen LogP contribution in [0.25, 0.3) is 0 Å². The first-order chi connectivity index (χ1) is 22.3. The van der Waals surface area contributed by atoms with Gasteiger partial charge in [0.05, 0.1) is 6.54 Å². The molecule has 2 amide bonds. The molecule has 0 saturated heterocycles. The Kier molecular flexibility index (Phi) is 14.2. The molecular formula is C39H50N2O6. The molecule has 47 heavy (non-hydrogen) atoms. The Morgan fingerprint density at radius 1 is 0.787 bits per heavy atom. The molecule has 0 aromatic heterocycles. The van der Waals surface area contributed by atoms with Gasteiger partial charge in [0.1, 0.15) is 18.2 Å². The van der Waals surface area contributed by atoms with Crippen LogP contribution in [0, 0.1) is 11.8 Å². The van der Waals surface area contributed by atoms with E-state index in [4.69, 9.17) is 9.47 Å². The zero-order valence-corrected chi connectivity index (χ0v) is 28.6. The third kappa shape index (κ3) is 13.4. The Morgan fingerprint density at radius 3 is 1.89 bits per heavy atom. The third-order valence-corrected chi connectivity index (χ3v) is 7.58. The van der Waals surface area contributed by atoms with Crippen molar-refractivity contribution in [1.29, 1.82) is 0 Å². The number of benzene rings is 3. The summed E-state index contributed by atoms with van der Waals surface area (Å²) < 4.78 is 11.2. The van der Waals surface area contributed by atoms with Gasteiger partial charge in [-0.3, -0.25) is 9.59 Å². The van der Waals surface area contributed by atoms with Crippen molar-refractivity contribution < 1.29 is 28.7 Å². The maximum absolute atomic E-state index is 13.8. The predicted molar refractivity (Wildman–Crippen MR) is 184 cm³/mol. The lowest BCUT2D eigenvalue weighted by molar-refractivity contribution is -0.150. The topological polar surface area (TPSA) is 102 Å². The quantitative estimate of drug-likeness (QED) is 0.167. The van der Waals surface area contributed by atoms with Crippen LogP contribution in [0.1, 0.15) is 77.0 Å². The lowest BCUT2D eigenvalue weighted by atomic mass is 9.92. The van der Waals surface area contributed by atoms with Gasteiger partial charge in [-0.05, 0) is 62.1 Å². The number of esters is 1. The fourth-order valence-corrected chi connectivity index (χ4v) is 5.26. The van der Waals surface area contributed by atoms with Crippen LogP contribution in [0.3, 0.4) is 0 Å². The molecule has 3 aromatic rings. The van der Waals surface area contributed by atoms with E-state index in [0.29, 0.717) is 12.8 Å². The number of ketones is 1. The monoisotopic (exact) mass is 642 g/mol. The first-order valence-electron chi connectivity index (χ1n) is 16.4. The van der Waals surface area contributed by atoms with Gasteiger partial charge in [-0.25, -0.2) is 9.59 Å². The fraction of sp³-hybridized carbons (Fsp3) is 0.436. The number of nitrogens with one attached hydrogen (secondary N) is 1. The van der Waals surface area contributed by atoms with E-state index in [0.717, 1.165) is 16.7 Å². The highest BCUT2D eigenvalue weighted by molar-refractivity contribution is 5.91. The molecule has 0 unspecified atom stereocenters. The molecule has 3 rings (SSSR count). The molecule has 0 aliphatic carbocycles. The van der Waals surface area contributed by atoms with Gasteiger partial charge in [-0.1, -0.05) is 112 Å². The average Bonchev–Trinajstić information content (AvgIpc) is 3.03. The molecule has 3 aromatic carbocycles. The molecule has 0 heterocycles. The minimum Gasteiger partial charge on any atom is -0.459 e. The van der Waals surface area contributed by atoms with Gasteiger partial charge >= 0.3 is 12.1 Å². The molecule has 252 valence electrons. The van der Waals surface area contributed by atoms with E-state index in [-0.39, 0.29) is 43.7 Å². The molecular weight excluding hydrogens is 592 g/mol. The SMILES string of the molecule is CC(C)C[C@@H](NC(=O)[C@H](CC(=O)CN(C[C@H](C)c1ccccc1)C(=O)OC(C)(C)C)Cc1ccccc1)C(=O)OCc1ccccc1. The summed E-state index contributed by atoms with van der Waals surface area (Å²) in [5, 5.41) is 2.90. The van der Waals surface area contributed by atoms with Gasteiger partial charge in [0.2, 0.25) is 5.91 Å². The van der Waals surface area contributed by atoms with Crippen molar-refractivity contribution >= 4 is 23.8 Å². The van der Waals surface area contributed by atoms with Crippen molar-refractivity contribution in [3.8, 4) is 0 Å². The minimum atomic E-state index is -0.871. The molecule has 0 bridgehead atoms. The largest absolute Gasteiger partial charge is 0.459 e. The zero-order valence-electron chi connectivity index (χ0n) is 28.6. The highest BCUT2D eigenvalue weighted by atomic mass is 16.6. The molecule has 8 heteroatoms. The van der Waals surface area contributed by atoms with E-state index in [1.165, 1.54) is 4.90 Å². The molecule has 1 N–H and O–H groups in total. The predicted octanol–water partition coefficient (Wildman–Crippen LogP) is 7.12. The molecule has 0 spiro atoms. The summed E-state index contributed by atoms with van der Waals surface area (Å²) in [4.78, 5) is 55.4. The van der Waals surface area contributed by atoms with Gasteiger partial charge in [0, 0.05) is 18.9 Å². The maximum atomic E-state index is 13.8. The lowest BCUT2D eigenvalue weighted by Crippen LogP contribution is -2.46. The second-order valence-corrected chi connectivity index (χ2v) is 13.6. The van der Waals surface area contributed by atoms with E-state index in [1.54, 1.807) is 20.8 Å². The summed E-state index contributed by atoms with van der Waals surface area (Å²) in [7, 11) is 0. The lowest BCUT2D eigenvalue weighted by Gasteiger charge is -2.29. The van der Waals surface area contributed by atoms with Crippen LogP contribution in [0.4, 0.5) is 4.79 Å². The number of rotatable bonds is 16. The van der Waals surface area contributed by atoms with Crippen LogP contribution in [-0.2, 0) is 36.9 Å². The second kappa shape index (κ2) is 18.0. The van der Waals surface area contributed by atoms with Crippen LogP contribution >= 0.6 is 0 Å². The molecule has 3 atom stereocenters. The van der Waals surface area contributed by atoms with E-state index < -0.39 is 35.5 Å². The summed E-state index contributed by atoms with van der Waals surface area (Å²) in [6.07, 6.45) is -0.0305. The minimum absolute atomic E-state index is 0.0568. The second-order valence-electron chi connectivity index (χ2n) is 13.6. The molecule has 8 nitrogen and oxygen atoms in total. The Labute approximate surface area is 279 Å². The number of amides is 2. The number of Topliss-reactive ketones (excluding diaryl/α,β-unsaturated/α-hetero) is 1. The fourth-order valence-electron chi connectivity index (χ4n) is 5.26. The third-order valence-electron chi connectivity index (χ3n) is 7.58. The Morgan fingerprint density at radius 2 is 1.34 bits per heavy atom. The van der Waals surface area contributed by atoms with Crippen molar-refractivity contribution in [2.75, 3.05) is 13.1 Å². The van der Waals surface area contributed by atoms with Gasteiger partial charge in [-0.2, -0.15) is 0 Å². The van der Waals surface area contributed by atoms with E-state index in [1.807, 2.05) is 112 Å². The van der Waals surface area contributed by atoms with Crippen molar-refractivity contribution in [3.63, 3.8) is 0 Å². The summed E-state index contributed by atoms with van der Waals surface area (Å²) in [5.41, 5.74) is 2.02. The standard InChI is InChI=1S/C39H50N2O6/c1-28(2)22-35(37(44)46-27-31-18-12-8-13-19-31)40-36(43)33(23-30-16-10-7-11-17-30)24-34(42)26-41(38(45)47-39(4,5)6)25-29(3)32-20-14-9-15-21-32/h7-21,28-29,33,35H,22-27H2,1-6H3,(H,40,43)/t29-,33-,35+/m0/s1. The number of ether oxygens (including phenoxy) is 2. The molecule has 0 saturated carbocycles. The Bertz CT molecular complexity index is 1420. The first kappa shape index (κ1) is 37.0. The first-order valence-corrected chi connectivity index (χ1v) is 16.4. The highest BCUT2D eigenvalue weighted by Crippen LogP contribution is 2.21. The van der Waals surface area contributed by atoms with Crippen molar-refractivity contribution in [2.45, 2.75) is 85.0 Å². The van der Waals surface area contributed by atoms with Gasteiger partial charge in [0.15, 0.2) is 5.78 Å². The zero-order chi connectivity index (χ0) is 34.4. The number of nitrogens with zero attached hydrogens (tertiary/aromatic N) is 1. The van der Waals surface area contributed by atoms with Crippen molar-refractivity contribution in [1.82, 2.24) is 10.2 Å². The summed E-state index contributed by atoms with van der Waals surface area (Å²) in [6, 6.07) is 27.7. The van der Waals surface area contributed by atoms with Crippen LogP contribution < -0.4 is 5.32 Å². The van der Waals surface area contributed by atoms with Gasteiger partial charge < -0.3 is 19.7 Å². The molecule has 0 aliphatic heterocycles. The number of hydrogen-bond donors (Lipinski definition) is 1. The Balaban J connectivity index is 1.78. The molecule has 0 aliphatic rings. The van der Waals surface area contributed by atoms with Crippen LogP contribution in [0.15, 0.2) is 91.0 Å². The smallest absolute Gasteiger partial charge is 0.410 e. The van der Waals surface area contributed by atoms with Crippen molar-refractivity contribution in [2.24, 2.45) is 11.8 Å². The van der Waals surface area contributed by atoms with Crippen molar-refractivity contribution in [3.05, 3.63) is 108 Å². The van der Waals surface area contributed by atoms with Crippen LogP contribution in [0.2, 0.25) is 0 Å². The maximum Gasteiger partial charge on any atom is 0.410 e. The summed E-state index contributed by atoms with van der Waals surface area (Å²) in [6.45, 7) is 11.4. The number of carbonyl (C=O) groups is 4. The van der Waals surface area contributed by atoms with Gasteiger partial charge in [0.25, 0.3) is 0 Å². The Hall–Kier alpha value is -4.46. The van der Waals surface area contributed by atoms with Crippen LogP contribution in [0.5, 0.6) is 0 Å². The molecule has 0 fully saturated rings. The summed E-state index contributed by atoms with van der Waals surface area (Å²) in [5.74, 6) is -1.93. The molecule has 0 radical (unpaired) electrons. The number of carbonyl (C=O) groups excluding carboxylic acids is 4.